The lowest BCUT2D eigenvalue weighted by atomic mass is 9.81. The number of hydrogen-bond acceptors (Lipinski definition) is 6. The molecule has 1 aliphatic carbocycles. The van der Waals surface area contributed by atoms with Gasteiger partial charge in [-0.2, -0.15) is 11.8 Å². The van der Waals surface area contributed by atoms with Crippen LogP contribution in [0.3, 0.4) is 0 Å². The molecule has 1 saturated heterocycles. The van der Waals surface area contributed by atoms with Gasteiger partial charge in [0.05, 0.1) is 17.5 Å². The number of anilines is 1. The Hall–Kier alpha value is -2.19. The third-order valence-electron chi connectivity index (χ3n) is 5.89. The lowest BCUT2D eigenvalue weighted by Gasteiger charge is -2.25. The molecular formula is C22H25N3O3S2. The van der Waals surface area contributed by atoms with Crippen LogP contribution in [-0.4, -0.2) is 45.7 Å². The SMILES string of the molecule is CSCC[C@H](C(=O)Nc1nc(-c2ccccc2)cs1)N1C(=O)[C@@H]2CCCC[C@H]2C1=O. The van der Waals surface area contributed by atoms with Crippen LogP contribution in [-0.2, 0) is 14.4 Å². The number of carbonyl (C=O) groups excluding carboxylic acids is 3. The van der Waals surface area contributed by atoms with Crippen LogP contribution in [0.15, 0.2) is 35.7 Å². The van der Waals surface area contributed by atoms with Crippen LogP contribution in [0.4, 0.5) is 5.13 Å². The van der Waals surface area contributed by atoms with Gasteiger partial charge >= 0.3 is 0 Å². The van der Waals surface area contributed by atoms with E-state index in [2.05, 4.69) is 10.3 Å². The molecule has 0 bridgehead atoms. The van der Waals surface area contributed by atoms with E-state index in [-0.39, 0.29) is 29.6 Å². The molecule has 158 valence electrons. The summed E-state index contributed by atoms with van der Waals surface area (Å²) in [6, 6.07) is 8.96. The zero-order chi connectivity index (χ0) is 21.1. The van der Waals surface area contributed by atoms with Gasteiger partial charge in [0.25, 0.3) is 0 Å². The maximum Gasteiger partial charge on any atom is 0.249 e. The second kappa shape index (κ2) is 9.31. The molecule has 8 heteroatoms. The van der Waals surface area contributed by atoms with Crippen molar-refractivity contribution in [1.82, 2.24) is 9.88 Å². The first-order valence-corrected chi connectivity index (χ1v) is 12.5. The number of nitrogens with zero attached hydrogens (tertiary/aromatic N) is 2. The Balaban J connectivity index is 1.52. The predicted octanol–water partition coefficient (Wildman–Crippen LogP) is 4.05. The number of imide groups is 1. The minimum atomic E-state index is -0.785. The van der Waals surface area contributed by atoms with Gasteiger partial charge in [-0.25, -0.2) is 4.98 Å². The van der Waals surface area contributed by atoms with E-state index in [0.29, 0.717) is 17.3 Å². The fourth-order valence-corrected chi connectivity index (χ4v) is 5.54. The molecule has 2 fully saturated rings. The van der Waals surface area contributed by atoms with Crippen LogP contribution in [0.5, 0.6) is 0 Å². The molecule has 0 unspecified atom stereocenters. The fourth-order valence-electron chi connectivity index (χ4n) is 4.36. The molecule has 2 heterocycles. The van der Waals surface area contributed by atoms with E-state index >= 15 is 0 Å². The minimum absolute atomic E-state index is 0.171. The standard InChI is InChI=1S/C22H25N3O3S2/c1-29-12-11-18(25-20(27)15-9-5-6-10-16(15)21(25)28)19(26)24-22-23-17(13-30-22)14-7-3-2-4-8-14/h2-4,7-8,13,15-16,18H,5-6,9-12H2,1H3,(H,23,24,26)/t15-,16-,18-/m1/s1. The van der Waals surface area contributed by atoms with Crippen LogP contribution in [0.25, 0.3) is 11.3 Å². The summed E-state index contributed by atoms with van der Waals surface area (Å²) in [5.74, 6) is -0.485. The molecule has 6 nitrogen and oxygen atoms in total. The number of carbonyl (C=O) groups is 3. The third kappa shape index (κ3) is 4.16. The molecule has 3 atom stereocenters. The molecule has 4 rings (SSSR count). The second-order valence-corrected chi connectivity index (χ2v) is 9.58. The number of fused-ring (bicyclic) bond motifs is 1. The summed E-state index contributed by atoms with van der Waals surface area (Å²) in [6.45, 7) is 0. The Labute approximate surface area is 184 Å². The van der Waals surface area contributed by atoms with Crippen LogP contribution >= 0.6 is 23.1 Å². The normalized spacial score (nSPS) is 22.1. The first kappa shape index (κ1) is 21.1. The molecule has 1 saturated carbocycles. The fraction of sp³-hybridized carbons (Fsp3) is 0.455. The van der Waals surface area contributed by atoms with Crippen molar-refractivity contribution < 1.29 is 14.4 Å². The molecule has 2 aromatic rings. The Bertz CT molecular complexity index is 907. The second-order valence-electron chi connectivity index (χ2n) is 7.73. The van der Waals surface area contributed by atoms with Gasteiger partial charge in [-0.15, -0.1) is 11.3 Å². The zero-order valence-electron chi connectivity index (χ0n) is 16.9. The van der Waals surface area contributed by atoms with Crippen molar-refractivity contribution in [3.63, 3.8) is 0 Å². The number of benzene rings is 1. The average Bonchev–Trinajstić information content (AvgIpc) is 3.33. The minimum Gasteiger partial charge on any atom is -0.300 e. The number of likely N-dealkylation sites (tertiary alicyclic amines) is 1. The van der Waals surface area contributed by atoms with Crippen molar-refractivity contribution >= 4 is 46.0 Å². The molecule has 2 aliphatic rings. The Kier molecular flexibility index (Phi) is 6.53. The Morgan fingerprint density at radius 1 is 1.20 bits per heavy atom. The molecular weight excluding hydrogens is 418 g/mol. The molecule has 3 amide bonds. The summed E-state index contributed by atoms with van der Waals surface area (Å²) in [7, 11) is 0. The van der Waals surface area contributed by atoms with E-state index in [4.69, 9.17) is 0 Å². The largest absolute Gasteiger partial charge is 0.300 e. The Morgan fingerprint density at radius 3 is 2.50 bits per heavy atom. The van der Waals surface area contributed by atoms with E-state index in [9.17, 15) is 14.4 Å². The monoisotopic (exact) mass is 443 g/mol. The number of rotatable bonds is 7. The molecule has 1 N–H and O–H groups in total. The summed E-state index contributed by atoms with van der Waals surface area (Å²) in [6.07, 6.45) is 5.83. The van der Waals surface area contributed by atoms with Crippen molar-refractivity contribution in [3.05, 3.63) is 35.7 Å². The highest BCUT2D eigenvalue weighted by atomic mass is 32.2. The average molecular weight is 444 g/mol. The van der Waals surface area contributed by atoms with Crippen molar-refractivity contribution in [2.75, 3.05) is 17.3 Å². The van der Waals surface area contributed by atoms with Gasteiger partial charge in [0, 0.05) is 10.9 Å². The number of thioether (sulfide) groups is 1. The van der Waals surface area contributed by atoms with E-state index in [1.165, 1.54) is 16.2 Å². The number of nitrogens with one attached hydrogen (secondary N) is 1. The summed E-state index contributed by atoms with van der Waals surface area (Å²) in [5.41, 5.74) is 1.76. The van der Waals surface area contributed by atoms with Crippen LogP contribution < -0.4 is 5.32 Å². The van der Waals surface area contributed by atoms with Crippen molar-refractivity contribution in [2.24, 2.45) is 11.8 Å². The smallest absolute Gasteiger partial charge is 0.249 e. The lowest BCUT2D eigenvalue weighted by molar-refractivity contribution is -0.146. The molecule has 1 aromatic carbocycles. The van der Waals surface area contributed by atoms with Crippen molar-refractivity contribution in [2.45, 2.75) is 38.1 Å². The summed E-state index contributed by atoms with van der Waals surface area (Å²) >= 11 is 2.94. The highest BCUT2D eigenvalue weighted by Gasteiger charge is 2.51. The third-order valence-corrected chi connectivity index (χ3v) is 7.29. The summed E-state index contributed by atoms with van der Waals surface area (Å²) in [5, 5.41) is 5.22. The molecule has 0 spiro atoms. The van der Waals surface area contributed by atoms with Gasteiger partial charge in [-0.3, -0.25) is 19.3 Å². The highest BCUT2D eigenvalue weighted by Crippen LogP contribution is 2.39. The maximum absolute atomic E-state index is 13.1. The first-order valence-electron chi connectivity index (χ1n) is 10.3. The van der Waals surface area contributed by atoms with Gasteiger partial charge < -0.3 is 5.32 Å². The first-order chi connectivity index (χ1) is 14.6. The molecule has 30 heavy (non-hydrogen) atoms. The van der Waals surface area contributed by atoms with Crippen molar-refractivity contribution in [1.29, 1.82) is 0 Å². The zero-order valence-corrected chi connectivity index (χ0v) is 18.5. The van der Waals surface area contributed by atoms with Crippen molar-refractivity contribution in [3.8, 4) is 11.3 Å². The van der Waals surface area contributed by atoms with Gasteiger partial charge in [0.15, 0.2) is 5.13 Å². The molecule has 1 aromatic heterocycles. The van der Waals surface area contributed by atoms with Gasteiger partial charge in [0.1, 0.15) is 6.04 Å². The number of thiazole rings is 1. The van der Waals surface area contributed by atoms with Gasteiger partial charge in [0.2, 0.25) is 17.7 Å². The number of aromatic nitrogens is 1. The quantitative estimate of drug-likeness (QED) is 0.653. The van der Waals surface area contributed by atoms with Gasteiger partial charge in [-0.1, -0.05) is 43.2 Å². The van der Waals surface area contributed by atoms with E-state index in [1.807, 2.05) is 42.0 Å². The summed E-state index contributed by atoms with van der Waals surface area (Å²) in [4.78, 5) is 44.9. The van der Waals surface area contributed by atoms with Gasteiger partial charge in [-0.05, 0) is 31.3 Å². The van der Waals surface area contributed by atoms with E-state index in [1.54, 1.807) is 11.8 Å². The number of amides is 3. The predicted molar refractivity (Wildman–Crippen MR) is 120 cm³/mol. The topological polar surface area (TPSA) is 79.4 Å². The van der Waals surface area contributed by atoms with Crippen LogP contribution in [0.2, 0.25) is 0 Å². The molecule has 1 aliphatic heterocycles. The Morgan fingerprint density at radius 2 is 1.87 bits per heavy atom. The summed E-state index contributed by atoms with van der Waals surface area (Å²) < 4.78 is 0. The van der Waals surface area contributed by atoms with Crippen LogP contribution in [0.1, 0.15) is 32.1 Å². The van der Waals surface area contributed by atoms with Crippen LogP contribution in [0, 0.1) is 11.8 Å². The lowest BCUT2D eigenvalue weighted by Crippen LogP contribution is -2.48. The molecule has 0 radical (unpaired) electrons. The highest BCUT2D eigenvalue weighted by molar-refractivity contribution is 7.98. The maximum atomic E-state index is 13.1. The number of hydrogen-bond donors (Lipinski definition) is 1. The van der Waals surface area contributed by atoms with E-state index in [0.717, 1.165) is 36.9 Å². The van der Waals surface area contributed by atoms with E-state index < -0.39 is 6.04 Å².